The second-order valence-corrected chi connectivity index (χ2v) is 4.75. The summed E-state index contributed by atoms with van der Waals surface area (Å²) in [6.07, 6.45) is 3.22. The molecule has 0 aromatic carbocycles. The Morgan fingerprint density at radius 2 is 2.14 bits per heavy atom. The van der Waals surface area contributed by atoms with Crippen molar-refractivity contribution in [1.29, 1.82) is 0 Å². The molecule has 0 unspecified atom stereocenters. The maximum absolute atomic E-state index is 9.38. The molecule has 1 rings (SSSR count). The molecule has 0 aromatic heterocycles. The quantitative estimate of drug-likeness (QED) is 0.712. The van der Waals surface area contributed by atoms with E-state index >= 15 is 0 Å². The van der Waals surface area contributed by atoms with Gasteiger partial charge in [0.15, 0.2) is 0 Å². The number of aliphatic hydroxyl groups excluding tert-OH is 1. The molecule has 0 aliphatic heterocycles. The molecule has 1 aliphatic rings. The lowest BCUT2D eigenvalue weighted by atomic mass is 9.73. The lowest BCUT2D eigenvalue weighted by molar-refractivity contribution is 0.283. The highest BCUT2D eigenvalue weighted by Crippen LogP contribution is 2.40. The Morgan fingerprint density at radius 1 is 1.57 bits per heavy atom. The first-order chi connectivity index (χ1) is 6.40. The first-order valence-electron chi connectivity index (χ1n) is 5.07. The molecule has 0 fully saturated rings. The Kier molecular flexibility index (Phi) is 3.01. The summed E-state index contributed by atoms with van der Waals surface area (Å²) < 4.78 is 0. The van der Waals surface area contributed by atoms with Gasteiger partial charge in [-0.25, -0.2) is 0 Å². The topological polar surface area (TPSA) is 20.2 Å². The van der Waals surface area contributed by atoms with Crippen molar-refractivity contribution in [1.82, 2.24) is 0 Å². The zero-order valence-corrected chi connectivity index (χ0v) is 9.65. The summed E-state index contributed by atoms with van der Waals surface area (Å²) in [5.41, 5.74) is 4.75. The summed E-state index contributed by atoms with van der Waals surface area (Å²) in [5, 5.41) is 9.38. The Labute approximate surface area is 86.8 Å². The Balaban J connectivity index is 3.18. The van der Waals surface area contributed by atoms with Gasteiger partial charge in [-0.2, -0.15) is 0 Å². The molecule has 0 bridgehead atoms. The van der Waals surface area contributed by atoms with Crippen LogP contribution in [0.3, 0.4) is 0 Å². The fourth-order valence-electron chi connectivity index (χ4n) is 2.13. The summed E-state index contributed by atoms with van der Waals surface area (Å²) in [6.45, 7) is 12.6. The van der Waals surface area contributed by atoms with E-state index < -0.39 is 0 Å². The van der Waals surface area contributed by atoms with Crippen LogP contribution in [0, 0.1) is 5.41 Å². The van der Waals surface area contributed by atoms with Crippen LogP contribution in [0.5, 0.6) is 0 Å². The van der Waals surface area contributed by atoms with Gasteiger partial charge in [-0.05, 0) is 42.4 Å². The lowest BCUT2D eigenvalue weighted by Gasteiger charge is -2.33. The third kappa shape index (κ3) is 1.83. The summed E-state index contributed by atoms with van der Waals surface area (Å²) >= 11 is 0. The van der Waals surface area contributed by atoms with Crippen LogP contribution in [0.4, 0.5) is 0 Å². The molecule has 0 atom stereocenters. The molecule has 78 valence electrons. The molecular formula is C13H20O. The van der Waals surface area contributed by atoms with Crippen molar-refractivity contribution in [2.75, 3.05) is 6.61 Å². The van der Waals surface area contributed by atoms with E-state index in [0.29, 0.717) is 0 Å². The van der Waals surface area contributed by atoms with Crippen LogP contribution in [0.25, 0.3) is 0 Å². The van der Waals surface area contributed by atoms with Gasteiger partial charge >= 0.3 is 0 Å². The molecule has 0 aromatic rings. The first-order valence-corrected chi connectivity index (χ1v) is 5.07. The predicted molar refractivity (Wildman–Crippen MR) is 61.1 cm³/mol. The number of hydrogen-bond donors (Lipinski definition) is 1. The van der Waals surface area contributed by atoms with Gasteiger partial charge in [-0.1, -0.05) is 32.1 Å². The highest BCUT2D eigenvalue weighted by atomic mass is 16.3. The molecule has 0 spiro atoms. The Hall–Kier alpha value is -0.820. The highest BCUT2D eigenvalue weighted by molar-refractivity contribution is 5.49. The average molecular weight is 192 g/mol. The molecule has 0 heterocycles. The van der Waals surface area contributed by atoms with Crippen molar-refractivity contribution >= 4 is 0 Å². The van der Waals surface area contributed by atoms with Gasteiger partial charge in [-0.15, -0.1) is 0 Å². The van der Waals surface area contributed by atoms with Gasteiger partial charge in [0.05, 0.1) is 6.61 Å². The highest BCUT2D eigenvalue weighted by Gasteiger charge is 2.28. The van der Waals surface area contributed by atoms with Crippen LogP contribution >= 0.6 is 0 Å². The molecule has 1 heteroatoms. The number of rotatable bonds is 2. The Bertz CT molecular complexity index is 316. The molecule has 0 radical (unpaired) electrons. The number of hydrogen-bond acceptors (Lipinski definition) is 1. The summed E-state index contributed by atoms with van der Waals surface area (Å²) in [7, 11) is 0. The second-order valence-electron chi connectivity index (χ2n) is 4.75. The normalized spacial score (nSPS) is 20.8. The third-order valence-electron chi connectivity index (χ3n) is 3.11. The SMILES string of the molecule is C=C(C)C1=CCC(C)(C)C(CO)=C1C. The van der Waals surface area contributed by atoms with Crippen LogP contribution in [0.2, 0.25) is 0 Å². The predicted octanol–water partition coefficient (Wildman–Crippen LogP) is 3.23. The van der Waals surface area contributed by atoms with E-state index in [0.717, 1.165) is 17.6 Å². The third-order valence-corrected chi connectivity index (χ3v) is 3.11. The first kappa shape index (κ1) is 11.3. The minimum Gasteiger partial charge on any atom is -0.392 e. The van der Waals surface area contributed by atoms with E-state index in [9.17, 15) is 5.11 Å². The van der Waals surface area contributed by atoms with Crippen molar-refractivity contribution < 1.29 is 5.11 Å². The Morgan fingerprint density at radius 3 is 2.57 bits per heavy atom. The molecule has 0 amide bonds. The molecule has 0 saturated heterocycles. The second kappa shape index (κ2) is 3.74. The number of allylic oxidation sites excluding steroid dienone is 4. The summed E-state index contributed by atoms with van der Waals surface area (Å²) in [4.78, 5) is 0. The van der Waals surface area contributed by atoms with Crippen LogP contribution in [0.15, 0.2) is 34.9 Å². The van der Waals surface area contributed by atoms with Gasteiger partial charge in [0, 0.05) is 0 Å². The molecule has 0 saturated carbocycles. The van der Waals surface area contributed by atoms with E-state index in [-0.39, 0.29) is 12.0 Å². The monoisotopic (exact) mass is 192 g/mol. The average Bonchev–Trinajstić information content (AvgIpc) is 2.02. The fourth-order valence-corrected chi connectivity index (χ4v) is 2.13. The van der Waals surface area contributed by atoms with Crippen LogP contribution in [-0.2, 0) is 0 Å². The number of aliphatic hydroxyl groups is 1. The van der Waals surface area contributed by atoms with Crippen LogP contribution in [-0.4, -0.2) is 11.7 Å². The minimum atomic E-state index is 0.0950. The van der Waals surface area contributed by atoms with Crippen molar-refractivity contribution in [3.8, 4) is 0 Å². The molecule has 1 N–H and O–H groups in total. The van der Waals surface area contributed by atoms with Gasteiger partial charge in [0.25, 0.3) is 0 Å². The van der Waals surface area contributed by atoms with E-state index in [1.807, 2.05) is 6.92 Å². The fraction of sp³-hybridized carbons (Fsp3) is 0.538. The van der Waals surface area contributed by atoms with Gasteiger partial charge in [0.1, 0.15) is 0 Å². The standard InChI is InChI=1S/C13H20O/c1-9(2)11-6-7-13(4,5)12(8-14)10(11)3/h6,14H,1,7-8H2,2-5H3. The molecular weight excluding hydrogens is 172 g/mol. The van der Waals surface area contributed by atoms with Crippen molar-refractivity contribution in [2.45, 2.75) is 34.1 Å². The molecule has 1 aliphatic carbocycles. The van der Waals surface area contributed by atoms with Crippen LogP contribution in [0.1, 0.15) is 34.1 Å². The lowest BCUT2D eigenvalue weighted by Crippen LogP contribution is -2.22. The van der Waals surface area contributed by atoms with Crippen molar-refractivity contribution in [3.05, 3.63) is 34.9 Å². The van der Waals surface area contributed by atoms with E-state index in [1.54, 1.807) is 0 Å². The largest absolute Gasteiger partial charge is 0.392 e. The molecule has 14 heavy (non-hydrogen) atoms. The van der Waals surface area contributed by atoms with Gasteiger partial charge in [-0.3, -0.25) is 0 Å². The smallest absolute Gasteiger partial charge is 0.0652 e. The van der Waals surface area contributed by atoms with E-state index in [1.165, 1.54) is 11.1 Å². The van der Waals surface area contributed by atoms with Gasteiger partial charge in [0.2, 0.25) is 0 Å². The minimum absolute atomic E-state index is 0.0950. The maximum atomic E-state index is 9.38. The van der Waals surface area contributed by atoms with Crippen molar-refractivity contribution in [2.24, 2.45) is 5.41 Å². The van der Waals surface area contributed by atoms with E-state index in [2.05, 4.69) is 33.4 Å². The van der Waals surface area contributed by atoms with E-state index in [4.69, 9.17) is 0 Å². The zero-order chi connectivity index (χ0) is 10.9. The molecule has 1 nitrogen and oxygen atoms in total. The zero-order valence-electron chi connectivity index (χ0n) is 9.65. The van der Waals surface area contributed by atoms with Crippen LogP contribution < -0.4 is 0 Å². The van der Waals surface area contributed by atoms with Crippen molar-refractivity contribution in [3.63, 3.8) is 0 Å². The summed E-state index contributed by atoms with van der Waals surface area (Å²) in [6, 6.07) is 0. The summed E-state index contributed by atoms with van der Waals surface area (Å²) in [5.74, 6) is 0. The maximum Gasteiger partial charge on any atom is 0.0652 e. The van der Waals surface area contributed by atoms with Gasteiger partial charge < -0.3 is 5.11 Å².